The highest BCUT2D eigenvalue weighted by Gasteiger charge is 1.98. The lowest BCUT2D eigenvalue weighted by Gasteiger charge is -2.12. The fraction of sp³-hybridized carbons (Fsp3) is 0.833. The van der Waals surface area contributed by atoms with Crippen LogP contribution in [-0.2, 0) is 0 Å². The number of allylic oxidation sites excluding steroid dienone is 1. The summed E-state index contributed by atoms with van der Waals surface area (Å²) in [5.41, 5.74) is 1.15. The molecular weight excluding hydrogens is 172 g/mol. The van der Waals surface area contributed by atoms with Crippen LogP contribution in [0.5, 0.6) is 0 Å². The van der Waals surface area contributed by atoms with Crippen LogP contribution < -0.4 is 10.6 Å². The minimum Gasteiger partial charge on any atom is -0.389 e. The van der Waals surface area contributed by atoms with Gasteiger partial charge in [0, 0.05) is 18.3 Å². The Morgan fingerprint density at radius 1 is 1.07 bits per heavy atom. The number of rotatable bonds is 8. The van der Waals surface area contributed by atoms with E-state index in [0.29, 0.717) is 12.0 Å². The van der Waals surface area contributed by atoms with E-state index >= 15 is 0 Å². The van der Waals surface area contributed by atoms with Crippen molar-refractivity contribution in [2.75, 3.05) is 13.1 Å². The van der Waals surface area contributed by atoms with Gasteiger partial charge in [-0.1, -0.05) is 34.3 Å². The van der Waals surface area contributed by atoms with Crippen molar-refractivity contribution in [1.82, 2.24) is 10.6 Å². The molecule has 0 aliphatic carbocycles. The van der Waals surface area contributed by atoms with Gasteiger partial charge < -0.3 is 10.6 Å². The molecule has 0 rings (SSSR count). The lowest BCUT2D eigenvalue weighted by molar-refractivity contribution is 0.544. The summed E-state index contributed by atoms with van der Waals surface area (Å²) in [6.45, 7) is 14.8. The molecule has 2 heteroatoms. The lowest BCUT2D eigenvalue weighted by Crippen LogP contribution is -2.25. The van der Waals surface area contributed by atoms with Crippen molar-refractivity contribution in [3.63, 3.8) is 0 Å². The molecule has 0 aliphatic rings. The third-order valence-electron chi connectivity index (χ3n) is 2.21. The molecule has 2 N–H and O–H groups in total. The number of nitrogens with one attached hydrogen (secondary N) is 2. The van der Waals surface area contributed by atoms with Crippen molar-refractivity contribution < 1.29 is 0 Å². The second-order valence-electron chi connectivity index (χ2n) is 4.42. The quantitative estimate of drug-likeness (QED) is 0.586. The smallest absolute Gasteiger partial charge is 0.0144 e. The Morgan fingerprint density at radius 3 is 2.14 bits per heavy atom. The van der Waals surface area contributed by atoms with Gasteiger partial charge in [-0.15, -0.1) is 0 Å². The van der Waals surface area contributed by atoms with Gasteiger partial charge in [0.05, 0.1) is 0 Å². The Balaban J connectivity index is 3.18. The molecule has 0 radical (unpaired) electrons. The van der Waals surface area contributed by atoms with Crippen molar-refractivity contribution in [1.29, 1.82) is 0 Å². The molecule has 0 aromatic carbocycles. The molecule has 0 spiro atoms. The van der Waals surface area contributed by atoms with Gasteiger partial charge in [0.1, 0.15) is 0 Å². The van der Waals surface area contributed by atoms with Gasteiger partial charge in [0.15, 0.2) is 0 Å². The third kappa shape index (κ3) is 8.11. The van der Waals surface area contributed by atoms with Crippen molar-refractivity contribution >= 4 is 0 Å². The molecular formula is C12H26N2. The average Bonchev–Trinajstić information content (AvgIpc) is 2.09. The SMILES string of the molecule is C=C(NCCCCNC(C)C)C(C)C. The molecule has 0 saturated heterocycles. The van der Waals surface area contributed by atoms with E-state index in [1.54, 1.807) is 0 Å². The fourth-order valence-corrected chi connectivity index (χ4v) is 1.09. The maximum absolute atomic E-state index is 3.97. The zero-order chi connectivity index (χ0) is 11.0. The van der Waals surface area contributed by atoms with Crippen molar-refractivity contribution in [2.24, 2.45) is 5.92 Å². The van der Waals surface area contributed by atoms with Crippen LogP contribution >= 0.6 is 0 Å². The molecule has 0 saturated carbocycles. The molecule has 0 aromatic rings. The Labute approximate surface area is 89.2 Å². The van der Waals surface area contributed by atoms with Crippen molar-refractivity contribution in [2.45, 2.75) is 46.6 Å². The first kappa shape index (κ1) is 13.5. The van der Waals surface area contributed by atoms with E-state index in [9.17, 15) is 0 Å². The maximum Gasteiger partial charge on any atom is 0.0144 e. The van der Waals surface area contributed by atoms with Crippen LogP contribution in [0.25, 0.3) is 0 Å². The predicted octanol–water partition coefficient (Wildman–Crippen LogP) is 2.52. The normalized spacial score (nSPS) is 11.0. The van der Waals surface area contributed by atoms with Crippen LogP contribution in [0.1, 0.15) is 40.5 Å². The standard InChI is InChI=1S/C12H26N2/c1-10(2)12(5)14-9-7-6-8-13-11(3)4/h10-11,13-14H,5-9H2,1-4H3. The largest absolute Gasteiger partial charge is 0.389 e. The van der Waals surface area contributed by atoms with E-state index in [2.05, 4.69) is 44.9 Å². The zero-order valence-corrected chi connectivity index (χ0v) is 10.2. The van der Waals surface area contributed by atoms with Crippen LogP contribution in [0, 0.1) is 5.92 Å². The Hall–Kier alpha value is -0.500. The van der Waals surface area contributed by atoms with Gasteiger partial charge in [-0.05, 0) is 25.3 Å². The third-order valence-corrected chi connectivity index (χ3v) is 2.21. The molecule has 0 bridgehead atoms. The summed E-state index contributed by atoms with van der Waals surface area (Å²) in [6, 6.07) is 0.605. The van der Waals surface area contributed by atoms with Gasteiger partial charge in [-0.25, -0.2) is 0 Å². The molecule has 0 fully saturated rings. The van der Waals surface area contributed by atoms with E-state index in [0.717, 1.165) is 18.8 Å². The van der Waals surface area contributed by atoms with Crippen LogP contribution in [0.4, 0.5) is 0 Å². The fourth-order valence-electron chi connectivity index (χ4n) is 1.09. The molecule has 2 nitrogen and oxygen atoms in total. The highest BCUT2D eigenvalue weighted by Crippen LogP contribution is 2.01. The Kier molecular flexibility index (Phi) is 7.58. The zero-order valence-electron chi connectivity index (χ0n) is 10.2. The molecule has 0 heterocycles. The predicted molar refractivity (Wildman–Crippen MR) is 64.4 cm³/mol. The van der Waals surface area contributed by atoms with Crippen LogP contribution in [0.2, 0.25) is 0 Å². The highest BCUT2D eigenvalue weighted by atomic mass is 14.9. The van der Waals surface area contributed by atoms with Crippen molar-refractivity contribution in [3.05, 3.63) is 12.3 Å². The minimum atomic E-state index is 0.545. The summed E-state index contributed by atoms with van der Waals surface area (Å²) >= 11 is 0. The van der Waals surface area contributed by atoms with Gasteiger partial charge in [0.2, 0.25) is 0 Å². The molecule has 0 atom stereocenters. The number of unbranched alkanes of at least 4 members (excludes halogenated alkanes) is 1. The summed E-state index contributed by atoms with van der Waals surface area (Å²) in [4.78, 5) is 0. The van der Waals surface area contributed by atoms with E-state index in [1.807, 2.05) is 0 Å². The summed E-state index contributed by atoms with van der Waals surface area (Å²) in [5.74, 6) is 0.545. The lowest BCUT2D eigenvalue weighted by atomic mass is 10.1. The first-order valence-electron chi connectivity index (χ1n) is 5.70. The summed E-state index contributed by atoms with van der Waals surface area (Å²) < 4.78 is 0. The van der Waals surface area contributed by atoms with E-state index < -0.39 is 0 Å². The minimum absolute atomic E-state index is 0.545. The van der Waals surface area contributed by atoms with Crippen LogP contribution in [0.3, 0.4) is 0 Å². The van der Waals surface area contributed by atoms with Gasteiger partial charge in [-0.3, -0.25) is 0 Å². The molecule has 84 valence electrons. The Bertz CT molecular complexity index is 150. The van der Waals surface area contributed by atoms with E-state index in [-0.39, 0.29) is 0 Å². The van der Waals surface area contributed by atoms with Crippen molar-refractivity contribution in [3.8, 4) is 0 Å². The number of hydrogen-bond acceptors (Lipinski definition) is 2. The molecule has 14 heavy (non-hydrogen) atoms. The molecule has 0 amide bonds. The first-order chi connectivity index (χ1) is 6.54. The van der Waals surface area contributed by atoms with Crippen LogP contribution in [0.15, 0.2) is 12.3 Å². The molecule has 0 unspecified atom stereocenters. The topological polar surface area (TPSA) is 24.1 Å². The molecule has 0 aromatic heterocycles. The summed E-state index contributed by atoms with van der Waals surface area (Å²) in [7, 11) is 0. The summed E-state index contributed by atoms with van der Waals surface area (Å²) in [6.07, 6.45) is 2.45. The Morgan fingerprint density at radius 2 is 1.64 bits per heavy atom. The average molecular weight is 198 g/mol. The van der Waals surface area contributed by atoms with E-state index in [1.165, 1.54) is 12.8 Å². The van der Waals surface area contributed by atoms with Gasteiger partial charge in [-0.2, -0.15) is 0 Å². The van der Waals surface area contributed by atoms with Crippen LogP contribution in [-0.4, -0.2) is 19.1 Å². The van der Waals surface area contributed by atoms with Gasteiger partial charge in [0.25, 0.3) is 0 Å². The highest BCUT2D eigenvalue weighted by molar-refractivity contribution is 4.93. The number of hydrogen-bond donors (Lipinski definition) is 2. The first-order valence-corrected chi connectivity index (χ1v) is 5.70. The monoisotopic (exact) mass is 198 g/mol. The van der Waals surface area contributed by atoms with E-state index in [4.69, 9.17) is 0 Å². The summed E-state index contributed by atoms with van der Waals surface area (Å²) in [5, 5.41) is 6.75. The van der Waals surface area contributed by atoms with Gasteiger partial charge >= 0.3 is 0 Å². The maximum atomic E-state index is 3.97. The second kappa shape index (κ2) is 7.86. The molecule has 0 aliphatic heterocycles. The second-order valence-corrected chi connectivity index (χ2v) is 4.42.